The molecule has 0 fully saturated rings. The number of rotatable bonds is 5. The molecule has 2 aromatic rings. The summed E-state index contributed by atoms with van der Waals surface area (Å²) in [7, 11) is 1.56. The van der Waals surface area contributed by atoms with Crippen molar-refractivity contribution in [2.75, 3.05) is 12.4 Å². The molecule has 0 amide bonds. The lowest BCUT2D eigenvalue weighted by Gasteiger charge is -2.09. The van der Waals surface area contributed by atoms with Crippen molar-refractivity contribution in [3.05, 3.63) is 63.7 Å². The van der Waals surface area contributed by atoms with E-state index in [2.05, 4.69) is 5.32 Å². The summed E-state index contributed by atoms with van der Waals surface area (Å²) in [4.78, 5) is 10.3. The molecule has 0 saturated carbocycles. The third-order valence-corrected chi connectivity index (χ3v) is 2.82. The molecule has 0 radical (unpaired) electrons. The average molecular weight is 294 g/mol. The van der Waals surface area contributed by atoms with Crippen LogP contribution in [0.3, 0.4) is 0 Å². The molecule has 0 atom stereocenters. The zero-order chi connectivity index (χ0) is 15.4. The normalized spacial score (nSPS) is 10.2. The van der Waals surface area contributed by atoms with E-state index >= 15 is 0 Å². The van der Waals surface area contributed by atoms with Gasteiger partial charge in [-0.05, 0) is 29.8 Å². The highest BCUT2D eigenvalue weighted by atomic mass is 19.1. The number of anilines is 1. The molecule has 0 aromatic heterocycles. The predicted molar refractivity (Wildman–Crippen MR) is 73.3 cm³/mol. The van der Waals surface area contributed by atoms with E-state index in [9.17, 15) is 18.9 Å². The van der Waals surface area contributed by atoms with Crippen molar-refractivity contribution in [1.82, 2.24) is 0 Å². The van der Waals surface area contributed by atoms with Crippen molar-refractivity contribution >= 4 is 11.4 Å². The first-order chi connectivity index (χ1) is 10.0. The van der Waals surface area contributed by atoms with Gasteiger partial charge in [-0.2, -0.15) is 0 Å². The zero-order valence-corrected chi connectivity index (χ0v) is 11.1. The van der Waals surface area contributed by atoms with Crippen molar-refractivity contribution < 1.29 is 18.4 Å². The highest BCUT2D eigenvalue weighted by Gasteiger charge is 2.13. The van der Waals surface area contributed by atoms with Crippen LogP contribution in [0.25, 0.3) is 0 Å². The van der Waals surface area contributed by atoms with Gasteiger partial charge in [-0.1, -0.05) is 0 Å². The van der Waals surface area contributed by atoms with Gasteiger partial charge in [-0.15, -0.1) is 0 Å². The van der Waals surface area contributed by atoms with Gasteiger partial charge in [-0.3, -0.25) is 10.1 Å². The van der Waals surface area contributed by atoms with E-state index in [0.29, 0.717) is 11.3 Å². The number of benzene rings is 2. The molecule has 2 rings (SSSR count). The Hall–Kier alpha value is -2.70. The van der Waals surface area contributed by atoms with Gasteiger partial charge in [-0.25, -0.2) is 8.78 Å². The van der Waals surface area contributed by atoms with Crippen molar-refractivity contribution in [2.45, 2.75) is 6.61 Å². The summed E-state index contributed by atoms with van der Waals surface area (Å²) in [5.41, 5.74) is 0.892. The van der Waals surface area contributed by atoms with E-state index in [1.807, 2.05) is 0 Å². The Labute approximate surface area is 119 Å². The minimum atomic E-state index is -0.800. The molecule has 0 heterocycles. The second kappa shape index (κ2) is 6.17. The van der Waals surface area contributed by atoms with Crippen LogP contribution in [0.5, 0.6) is 5.75 Å². The van der Waals surface area contributed by atoms with Gasteiger partial charge < -0.3 is 10.1 Å². The molecule has 1 N–H and O–H groups in total. The van der Waals surface area contributed by atoms with E-state index in [1.165, 1.54) is 18.2 Å². The van der Waals surface area contributed by atoms with Gasteiger partial charge in [0.1, 0.15) is 18.1 Å². The summed E-state index contributed by atoms with van der Waals surface area (Å²) >= 11 is 0. The molecular weight excluding hydrogens is 282 g/mol. The molecule has 2 aromatic carbocycles. The third-order valence-electron chi connectivity index (χ3n) is 2.82. The number of hydrogen-bond donors (Lipinski definition) is 1. The lowest BCUT2D eigenvalue weighted by atomic mass is 10.2. The number of nitrogens with one attached hydrogen (secondary N) is 1. The van der Waals surface area contributed by atoms with Gasteiger partial charge in [0.25, 0.3) is 5.69 Å². The van der Waals surface area contributed by atoms with E-state index in [4.69, 9.17) is 4.74 Å². The van der Waals surface area contributed by atoms with Gasteiger partial charge in [0.05, 0.1) is 4.92 Å². The largest absolute Gasteiger partial charge is 0.486 e. The Morgan fingerprint density at radius 2 is 2.00 bits per heavy atom. The average Bonchev–Trinajstić information content (AvgIpc) is 2.45. The monoisotopic (exact) mass is 294 g/mol. The Morgan fingerprint density at radius 3 is 2.62 bits per heavy atom. The highest BCUT2D eigenvalue weighted by Crippen LogP contribution is 2.26. The van der Waals surface area contributed by atoms with E-state index < -0.39 is 16.6 Å². The van der Waals surface area contributed by atoms with Gasteiger partial charge >= 0.3 is 0 Å². The smallest absolute Gasteiger partial charge is 0.292 e. The number of nitro groups is 1. The maximum absolute atomic E-state index is 13.4. The Bertz CT molecular complexity index is 677. The molecule has 0 saturated heterocycles. The van der Waals surface area contributed by atoms with Crippen LogP contribution in [0.2, 0.25) is 0 Å². The van der Waals surface area contributed by atoms with Gasteiger partial charge in [0.15, 0.2) is 11.6 Å². The molecule has 0 aliphatic carbocycles. The fourth-order valence-electron chi connectivity index (χ4n) is 1.79. The topological polar surface area (TPSA) is 64.4 Å². The first-order valence-electron chi connectivity index (χ1n) is 6.04. The summed E-state index contributed by atoms with van der Waals surface area (Å²) in [6.45, 7) is 0.00915. The summed E-state index contributed by atoms with van der Waals surface area (Å²) in [6.07, 6.45) is 0. The highest BCUT2D eigenvalue weighted by molar-refractivity contribution is 5.62. The minimum absolute atomic E-state index is 0.00915. The van der Waals surface area contributed by atoms with Crippen LogP contribution in [0.4, 0.5) is 20.2 Å². The molecule has 0 aliphatic heterocycles. The van der Waals surface area contributed by atoms with E-state index in [0.717, 1.165) is 12.1 Å². The Balaban J connectivity index is 2.15. The first kappa shape index (κ1) is 14.7. The minimum Gasteiger partial charge on any atom is -0.486 e. The number of halogens is 2. The molecule has 110 valence electrons. The van der Waals surface area contributed by atoms with Gasteiger partial charge in [0, 0.05) is 19.2 Å². The van der Waals surface area contributed by atoms with Crippen molar-refractivity contribution in [2.24, 2.45) is 0 Å². The Morgan fingerprint density at radius 1 is 1.24 bits per heavy atom. The van der Waals surface area contributed by atoms with Crippen molar-refractivity contribution in [3.63, 3.8) is 0 Å². The van der Waals surface area contributed by atoms with Crippen molar-refractivity contribution in [3.8, 4) is 5.75 Å². The summed E-state index contributed by atoms with van der Waals surface area (Å²) < 4.78 is 31.4. The van der Waals surface area contributed by atoms with Crippen LogP contribution in [0, 0.1) is 21.7 Å². The van der Waals surface area contributed by atoms with Crippen molar-refractivity contribution in [1.29, 1.82) is 0 Å². The molecule has 0 unspecified atom stereocenters. The molecule has 7 heteroatoms. The number of nitro benzene ring substituents is 1. The zero-order valence-electron chi connectivity index (χ0n) is 11.1. The lowest BCUT2D eigenvalue weighted by Crippen LogP contribution is -2.01. The van der Waals surface area contributed by atoms with E-state index in [-0.39, 0.29) is 18.0 Å². The number of hydrogen-bond acceptors (Lipinski definition) is 4. The SMILES string of the molecule is CNc1cc(COc2ccc(F)cc2F)ccc1[N+](=O)[O-]. The molecule has 21 heavy (non-hydrogen) atoms. The summed E-state index contributed by atoms with van der Waals surface area (Å²) in [5, 5.41) is 13.5. The maximum atomic E-state index is 13.4. The number of ether oxygens (including phenoxy) is 1. The second-order valence-corrected chi connectivity index (χ2v) is 4.22. The molecule has 0 bridgehead atoms. The number of nitrogens with zero attached hydrogens (tertiary/aromatic N) is 1. The summed E-state index contributed by atoms with van der Waals surface area (Å²) in [6, 6.07) is 7.40. The molecule has 0 aliphatic rings. The lowest BCUT2D eigenvalue weighted by molar-refractivity contribution is -0.384. The summed E-state index contributed by atoms with van der Waals surface area (Å²) in [5.74, 6) is -1.57. The van der Waals surface area contributed by atoms with Crippen LogP contribution >= 0.6 is 0 Å². The van der Waals surface area contributed by atoms with Gasteiger partial charge in [0.2, 0.25) is 0 Å². The van der Waals surface area contributed by atoms with Crippen LogP contribution < -0.4 is 10.1 Å². The fraction of sp³-hybridized carbons (Fsp3) is 0.143. The second-order valence-electron chi connectivity index (χ2n) is 4.22. The molecule has 5 nitrogen and oxygen atoms in total. The third kappa shape index (κ3) is 3.44. The van der Waals surface area contributed by atoms with Crippen LogP contribution in [-0.4, -0.2) is 12.0 Å². The van der Waals surface area contributed by atoms with E-state index in [1.54, 1.807) is 13.1 Å². The van der Waals surface area contributed by atoms with Crippen LogP contribution in [-0.2, 0) is 6.61 Å². The Kier molecular flexibility index (Phi) is 4.32. The predicted octanol–water partition coefficient (Wildman–Crippen LogP) is 3.49. The van der Waals surface area contributed by atoms with Crippen LogP contribution in [0.15, 0.2) is 36.4 Å². The first-order valence-corrected chi connectivity index (χ1v) is 6.04. The standard InChI is InChI=1S/C14H12F2N2O3/c1-17-12-6-9(2-4-13(12)18(19)20)8-21-14-5-3-10(15)7-11(14)16/h2-7,17H,8H2,1H3. The fourth-order valence-corrected chi connectivity index (χ4v) is 1.79. The maximum Gasteiger partial charge on any atom is 0.292 e. The molecular formula is C14H12F2N2O3. The molecule has 0 spiro atoms. The quantitative estimate of drug-likeness (QED) is 0.677. The van der Waals surface area contributed by atoms with Crippen LogP contribution in [0.1, 0.15) is 5.56 Å².